The molecule has 0 amide bonds. The number of anilines is 2. The number of hydrogen-bond acceptors (Lipinski definition) is 4. The van der Waals surface area contributed by atoms with Gasteiger partial charge in [0.15, 0.2) is 0 Å². The largest absolute Gasteiger partial charge is 0.477 e. The van der Waals surface area contributed by atoms with E-state index in [0.29, 0.717) is 10.7 Å². The predicted octanol–water partition coefficient (Wildman–Crippen LogP) is 4.00. The van der Waals surface area contributed by atoms with Crippen LogP contribution in [0.15, 0.2) is 36.4 Å². The highest BCUT2D eigenvalue weighted by atomic mass is 35.5. The number of carboxylic acid groups (broad SMARTS) is 1. The predicted molar refractivity (Wildman–Crippen MR) is 79.5 cm³/mol. The average Bonchev–Trinajstić information content (AvgIpc) is 2.41. The number of aromatic carboxylic acids is 1. The number of nitro groups is 1. The smallest absolute Gasteiger partial charge is 0.342 e. The molecule has 0 fully saturated rings. The molecule has 2 N–H and O–H groups in total. The summed E-state index contributed by atoms with van der Waals surface area (Å²) in [5.74, 6) is -1.36. The van der Waals surface area contributed by atoms with Crippen LogP contribution in [0.2, 0.25) is 5.02 Å². The van der Waals surface area contributed by atoms with Gasteiger partial charge in [-0.25, -0.2) is 4.79 Å². The Hall–Kier alpha value is -2.60. The Morgan fingerprint density at radius 1 is 1.29 bits per heavy atom. The fourth-order valence-corrected chi connectivity index (χ4v) is 2.16. The maximum atomic E-state index is 11.1. The number of hydrogen-bond donors (Lipinski definition) is 2. The number of carbonyl (C=O) groups is 1. The lowest BCUT2D eigenvalue weighted by molar-refractivity contribution is -0.384. The zero-order chi connectivity index (χ0) is 15.6. The van der Waals surface area contributed by atoms with Crippen molar-refractivity contribution in [3.63, 3.8) is 0 Å². The van der Waals surface area contributed by atoms with E-state index in [1.807, 2.05) is 6.92 Å². The SMILES string of the molecule is Cc1ccc(Nc2cccc(C(=O)O)c2[N+](=O)[O-])c(Cl)c1. The van der Waals surface area contributed by atoms with E-state index in [2.05, 4.69) is 5.32 Å². The van der Waals surface area contributed by atoms with E-state index in [4.69, 9.17) is 16.7 Å². The number of nitrogens with one attached hydrogen (secondary N) is 1. The number of benzene rings is 2. The van der Waals surface area contributed by atoms with Crippen LogP contribution in [0.25, 0.3) is 0 Å². The van der Waals surface area contributed by atoms with Crippen molar-refractivity contribution in [1.82, 2.24) is 0 Å². The Labute approximate surface area is 125 Å². The van der Waals surface area contributed by atoms with Crippen molar-refractivity contribution in [3.8, 4) is 0 Å². The normalized spacial score (nSPS) is 10.2. The summed E-state index contributed by atoms with van der Waals surface area (Å²) < 4.78 is 0. The fraction of sp³-hybridized carbons (Fsp3) is 0.0714. The van der Waals surface area contributed by atoms with Gasteiger partial charge in [-0.05, 0) is 36.8 Å². The molecule has 2 aromatic carbocycles. The Kier molecular flexibility index (Phi) is 4.09. The number of carboxylic acids is 1. The Morgan fingerprint density at radius 2 is 2.00 bits per heavy atom. The molecule has 2 rings (SSSR count). The molecular formula is C14H11ClN2O4. The molecule has 0 heterocycles. The minimum absolute atomic E-state index is 0.0747. The van der Waals surface area contributed by atoms with E-state index in [9.17, 15) is 14.9 Å². The molecule has 108 valence electrons. The van der Waals surface area contributed by atoms with Gasteiger partial charge in [-0.15, -0.1) is 0 Å². The number of halogens is 1. The van der Waals surface area contributed by atoms with Crippen LogP contribution < -0.4 is 5.32 Å². The van der Waals surface area contributed by atoms with Gasteiger partial charge in [0.25, 0.3) is 0 Å². The first-order valence-electron chi connectivity index (χ1n) is 5.94. The second-order valence-electron chi connectivity index (χ2n) is 4.37. The van der Waals surface area contributed by atoms with Gasteiger partial charge < -0.3 is 10.4 Å². The number of nitrogens with zero attached hydrogens (tertiary/aromatic N) is 1. The third-order valence-electron chi connectivity index (χ3n) is 2.84. The molecule has 0 saturated carbocycles. The quantitative estimate of drug-likeness (QED) is 0.658. The van der Waals surface area contributed by atoms with Crippen molar-refractivity contribution in [2.75, 3.05) is 5.32 Å². The summed E-state index contributed by atoms with van der Waals surface area (Å²) in [5.41, 5.74) is 0.604. The number of para-hydroxylation sites is 1. The van der Waals surface area contributed by atoms with Crippen LogP contribution in [0.4, 0.5) is 17.1 Å². The van der Waals surface area contributed by atoms with Gasteiger partial charge in [0.1, 0.15) is 11.3 Å². The highest BCUT2D eigenvalue weighted by Crippen LogP contribution is 2.33. The number of rotatable bonds is 4. The van der Waals surface area contributed by atoms with Crippen LogP contribution in [0.5, 0.6) is 0 Å². The second-order valence-corrected chi connectivity index (χ2v) is 4.78. The molecule has 0 aromatic heterocycles. The summed E-state index contributed by atoms with van der Waals surface area (Å²) in [6.07, 6.45) is 0. The van der Waals surface area contributed by atoms with Crippen LogP contribution in [0.3, 0.4) is 0 Å². The molecule has 2 aromatic rings. The number of aryl methyl sites for hydroxylation is 1. The van der Waals surface area contributed by atoms with Gasteiger partial charge in [0.2, 0.25) is 0 Å². The third kappa shape index (κ3) is 3.11. The van der Waals surface area contributed by atoms with Gasteiger partial charge in [0.05, 0.1) is 15.6 Å². The first-order valence-corrected chi connectivity index (χ1v) is 6.32. The monoisotopic (exact) mass is 306 g/mol. The highest BCUT2D eigenvalue weighted by Gasteiger charge is 2.24. The lowest BCUT2D eigenvalue weighted by atomic mass is 10.1. The molecule has 0 aliphatic rings. The molecule has 0 aliphatic carbocycles. The molecule has 0 saturated heterocycles. The summed E-state index contributed by atoms with van der Waals surface area (Å²) in [6.45, 7) is 1.86. The first kappa shape index (κ1) is 14.8. The van der Waals surface area contributed by atoms with Crippen LogP contribution in [-0.4, -0.2) is 16.0 Å². The van der Waals surface area contributed by atoms with E-state index in [1.165, 1.54) is 18.2 Å². The molecule has 0 spiro atoms. The molecule has 0 aliphatic heterocycles. The van der Waals surface area contributed by atoms with Crippen molar-refractivity contribution in [3.05, 3.63) is 62.7 Å². The minimum Gasteiger partial charge on any atom is -0.477 e. The first-order chi connectivity index (χ1) is 9.90. The zero-order valence-corrected chi connectivity index (χ0v) is 11.7. The third-order valence-corrected chi connectivity index (χ3v) is 3.16. The summed E-state index contributed by atoms with van der Waals surface area (Å²) in [6, 6.07) is 9.22. The van der Waals surface area contributed by atoms with Gasteiger partial charge in [-0.3, -0.25) is 10.1 Å². The van der Waals surface area contributed by atoms with Crippen LogP contribution in [0, 0.1) is 17.0 Å². The molecule has 7 heteroatoms. The van der Waals surface area contributed by atoms with Crippen LogP contribution in [0.1, 0.15) is 15.9 Å². The van der Waals surface area contributed by atoms with Gasteiger partial charge in [-0.1, -0.05) is 23.7 Å². The van der Waals surface area contributed by atoms with E-state index in [0.717, 1.165) is 5.56 Å². The summed E-state index contributed by atoms with van der Waals surface area (Å²) >= 11 is 6.06. The highest BCUT2D eigenvalue weighted by molar-refractivity contribution is 6.33. The van der Waals surface area contributed by atoms with Crippen molar-refractivity contribution in [2.45, 2.75) is 6.92 Å². The van der Waals surface area contributed by atoms with Gasteiger partial charge >= 0.3 is 11.7 Å². The molecule has 6 nitrogen and oxygen atoms in total. The van der Waals surface area contributed by atoms with E-state index >= 15 is 0 Å². The molecule has 0 radical (unpaired) electrons. The number of nitro benzene ring substituents is 1. The second kappa shape index (κ2) is 5.80. The lowest BCUT2D eigenvalue weighted by Gasteiger charge is -2.10. The maximum Gasteiger partial charge on any atom is 0.342 e. The van der Waals surface area contributed by atoms with Crippen molar-refractivity contribution in [1.29, 1.82) is 0 Å². The topological polar surface area (TPSA) is 92.5 Å². The maximum absolute atomic E-state index is 11.1. The van der Waals surface area contributed by atoms with Crippen molar-refractivity contribution >= 4 is 34.6 Å². The standard InChI is InChI=1S/C14H11ClN2O4/c1-8-5-6-11(10(15)7-8)16-12-4-2-3-9(14(18)19)13(12)17(20)21/h2-7,16H,1H3,(H,18,19). The van der Waals surface area contributed by atoms with Crippen LogP contribution in [-0.2, 0) is 0 Å². The molecule has 21 heavy (non-hydrogen) atoms. The molecule has 0 atom stereocenters. The Morgan fingerprint density at radius 3 is 2.57 bits per heavy atom. The fourth-order valence-electron chi connectivity index (χ4n) is 1.88. The Bertz CT molecular complexity index is 731. The van der Waals surface area contributed by atoms with Crippen molar-refractivity contribution in [2.24, 2.45) is 0 Å². The minimum atomic E-state index is -1.36. The summed E-state index contributed by atoms with van der Waals surface area (Å²) in [4.78, 5) is 21.5. The van der Waals surface area contributed by atoms with Gasteiger partial charge in [-0.2, -0.15) is 0 Å². The summed E-state index contributed by atoms with van der Waals surface area (Å²) in [7, 11) is 0. The average molecular weight is 307 g/mol. The van der Waals surface area contributed by atoms with Crippen LogP contribution >= 0.6 is 11.6 Å². The zero-order valence-electron chi connectivity index (χ0n) is 11.0. The van der Waals surface area contributed by atoms with E-state index in [1.54, 1.807) is 18.2 Å². The van der Waals surface area contributed by atoms with Crippen molar-refractivity contribution < 1.29 is 14.8 Å². The van der Waals surface area contributed by atoms with Gasteiger partial charge in [0, 0.05) is 0 Å². The van der Waals surface area contributed by atoms with E-state index in [-0.39, 0.29) is 11.3 Å². The molecule has 0 bridgehead atoms. The Balaban J connectivity index is 2.51. The molecule has 0 unspecified atom stereocenters. The summed E-state index contributed by atoms with van der Waals surface area (Å²) in [5, 5.41) is 23.4. The van der Waals surface area contributed by atoms with E-state index < -0.39 is 16.6 Å². The lowest BCUT2D eigenvalue weighted by Crippen LogP contribution is -2.05. The molecular weight excluding hydrogens is 296 g/mol.